The first-order chi connectivity index (χ1) is 19.8. The number of anilines is 1. The highest BCUT2D eigenvalue weighted by molar-refractivity contribution is 7.92. The summed E-state index contributed by atoms with van der Waals surface area (Å²) in [5.74, 6) is -0.0333. The van der Waals surface area contributed by atoms with Crippen LogP contribution >= 0.6 is 0 Å². The van der Waals surface area contributed by atoms with E-state index in [1.165, 1.54) is 11.4 Å². The Balaban J connectivity index is 1.93. The van der Waals surface area contributed by atoms with Gasteiger partial charge in [-0.2, -0.15) is 0 Å². The number of benzene rings is 3. The van der Waals surface area contributed by atoms with Crippen LogP contribution in [0.2, 0.25) is 0 Å². The van der Waals surface area contributed by atoms with Crippen LogP contribution in [-0.4, -0.2) is 56.6 Å². The molecule has 0 saturated heterocycles. The second-order valence-corrected chi connectivity index (χ2v) is 13.4. The number of sulfonamides is 1. The topological polar surface area (TPSA) is 96.0 Å². The molecule has 0 saturated carbocycles. The van der Waals surface area contributed by atoms with Crippen molar-refractivity contribution in [2.45, 2.75) is 65.1 Å². The van der Waals surface area contributed by atoms with Crippen molar-refractivity contribution in [3.05, 3.63) is 95.6 Å². The molecular formula is C33H43N3O5S. The number of nitrogens with zero attached hydrogens (tertiary/aromatic N) is 2. The fraction of sp³-hybridized carbons (Fsp3) is 0.394. The van der Waals surface area contributed by atoms with Gasteiger partial charge < -0.3 is 15.0 Å². The van der Waals surface area contributed by atoms with Crippen molar-refractivity contribution in [3.8, 4) is 5.75 Å². The third-order valence-electron chi connectivity index (χ3n) is 6.88. The third kappa shape index (κ3) is 9.34. The molecule has 9 heteroatoms. The Morgan fingerprint density at radius 2 is 1.55 bits per heavy atom. The highest BCUT2D eigenvalue weighted by Crippen LogP contribution is 2.30. The maximum atomic E-state index is 14.0. The zero-order chi connectivity index (χ0) is 30.9. The second kappa shape index (κ2) is 14.4. The fourth-order valence-corrected chi connectivity index (χ4v) is 5.76. The van der Waals surface area contributed by atoms with Gasteiger partial charge in [0.2, 0.25) is 21.8 Å². The predicted octanol–water partition coefficient (Wildman–Crippen LogP) is 5.10. The number of rotatable bonds is 13. The smallest absolute Gasteiger partial charge is 0.243 e. The van der Waals surface area contributed by atoms with E-state index in [0.717, 1.165) is 22.9 Å². The Morgan fingerprint density at radius 3 is 2.17 bits per heavy atom. The Labute approximate surface area is 250 Å². The van der Waals surface area contributed by atoms with Crippen LogP contribution in [0.4, 0.5) is 5.69 Å². The van der Waals surface area contributed by atoms with Gasteiger partial charge in [-0.15, -0.1) is 0 Å². The van der Waals surface area contributed by atoms with Crippen LogP contribution < -0.4 is 14.4 Å². The average Bonchev–Trinajstić information content (AvgIpc) is 2.92. The van der Waals surface area contributed by atoms with E-state index < -0.39 is 21.6 Å². The molecule has 3 aromatic rings. The molecule has 0 spiro atoms. The van der Waals surface area contributed by atoms with Crippen molar-refractivity contribution in [2.75, 3.05) is 24.2 Å². The van der Waals surface area contributed by atoms with Crippen LogP contribution in [-0.2, 0) is 32.6 Å². The first-order valence-electron chi connectivity index (χ1n) is 14.1. The van der Waals surface area contributed by atoms with Crippen molar-refractivity contribution < 1.29 is 22.7 Å². The quantitative estimate of drug-likeness (QED) is 0.297. The average molecular weight is 594 g/mol. The molecule has 226 valence electrons. The SMILES string of the molecule is COc1ccccc1N(CCCC(=O)N(Cc1ccccc1C)C(Cc1ccccc1)C(=O)NC(C)(C)C)S(C)(=O)=O. The van der Waals surface area contributed by atoms with Gasteiger partial charge in [-0.25, -0.2) is 8.42 Å². The molecule has 0 aliphatic heterocycles. The number of methoxy groups -OCH3 is 1. The molecule has 0 aromatic heterocycles. The molecular weight excluding hydrogens is 550 g/mol. The summed E-state index contributed by atoms with van der Waals surface area (Å²) in [5, 5.41) is 3.07. The van der Waals surface area contributed by atoms with Crippen LogP contribution in [0.25, 0.3) is 0 Å². The Bertz CT molecular complexity index is 1450. The van der Waals surface area contributed by atoms with E-state index in [9.17, 15) is 18.0 Å². The van der Waals surface area contributed by atoms with Crippen LogP contribution in [0.1, 0.15) is 50.3 Å². The van der Waals surface area contributed by atoms with E-state index in [1.54, 1.807) is 29.2 Å². The van der Waals surface area contributed by atoms with Gasteiger partial charge in [0.1, 0.15) is 11.8 Å². The summed E-state index contributed by atoms with van der Waals surface area (Å²) < 4.78 is 32.1. The molecule has 8 nitrogen and oxygen atoms in total. The molecule has 1 N–H and O–H groups in total. The fourth-order valence-electron chi connectivity index (χ4n) is 4.80. The minimum atomic E-state index is -3.65. The molecule has 1 atom stereocenters. The van der Waals surface area contributed by atoms with Gasteiger partial charge in [0.25, 0.3) is 0 Å². The van der Waals surface area contributed by atoms with Crippen molar-refractivity contribution in [1.82, 2.24) is 10.2 Å². The van der Waals surface area contributed by atoms with E-state index in [1.807, 2.05) is 82.3 Å². The van der Waals surface area contributed by atoms with Crippen molar-refractivity contribution >= 4 is 27.5 Å². The normalized spacial score (nSPS) is 12.3. The molecule has 1 unspecified atom stereocenters. The maximum Gasteiger partial charge on any atom is 0.243 e. The Hall–Kier alpha value is -3.85. The summed E-state index contributed by atoms with van der Waals surface area (Å²) in [4.78, 5) is 29.4. The number of nitrogens with one attached hydrogen (secondary N) is 1. The largest absolute Gasteiger partial charge is 0.495 e. The van der Waals surface area contributed by atoms with Crippen LogP contribution in [0, 0.1) is 6.92 Å². The van der Waals surface area contributed by atoms with Gasteiger partial charge in [0, 0.05) is 31.5 Å². The molecule has 0 bridgehead atoms. The van der Waals surface area contributed by atoms with Crippen molar-refractivity contribution in [3.63, 3.8) is 0 Å². The highest BCUT2D eigenvalue weighted by Gasteiger charge is 2.32. The molecule has 0 aliphatic rings. The number of hydrogen-bond donors (Lipinski definition) is 1. The standard InChI is InChI=1S/C33H43N3O5S/c1-25-15-10-11-18-27(25)24-35(29(32(38)34-33(2,3)4)23-26-16-8-7-9-17-26)31(37)21-14-22-36(42(6,39)40)28-19-12-13-20-30(28)41-5/h7-13,15-20,29H,14,21-24H2,1-6H3,(H,34,38). The zero-order valence-corrected chi connectivity index (χ0v) is 26.3. The lowest BCUT2D eigenvalue weighted by atomic mass is 9.99. The number of carbonyl (C=O) groups excluding carboxylic acids is 2. The summed E-state index contributed by atoms with van der Waals surface area (Å²) in [5.41, 5.74) is 2.82. The first-order valence-corrected chi connectivity index (χ1v) is 16.0. The lowest BCUT2D eigenvalue weighted by Gasteiger charge is -2.34. The number of hydrogen-bond acceptors (Lipinski definition) is 5. The minimum Gasteiger partial charge on any atom is -0.495 e. The number of aryl methyl sites for hydroxylation is 1. The van der Waals surface area contributed by atoms with Crippen LogP contribution in [0.5, 0.6) is 5.75 Å². The molecule has 2 amide bonds. The van der Waals surface area contributed by atoms with E-state index >= 15 is 0 Å². The van der Waals surface area contributed by atoms with E-state index in [0.29, 0.717) is 17.9 Å². The van der Waals surface area contributed by atoms with Gasteiger partial charge in [0.05, 0.1) is 19.1 Å². The second-order valence-electron chi connectivity index (χ2n) is 11.5. The summed E-state index contributed by atoms with van der Waals surface area (Å²) in [6.07, 6.45) is 1.80. The number of amides is 2. The maximum absolute atomic E-state index is 14.0. The molecule has 3 rings (SSSR count). The summed E-state index contributed by atoms with van der Waals surface area (Å²) in [6, 6.07) is 23.6. The summed E-state index contributed by atoms with van der Waals surface area (Å²) in [7, 11) is -2.16. The van der Waals surface area contributed by atoms with E-state index in [4.69, 9.17) is 4.74 Å². The predicted molar refractivity (Wildman–Crippen MR) is 168 cm³/mol. The number of para-hydroxylation sites is 2. The van der Waals surface area contributed by atoms with Crippen LogP contribution in [0.15, 0.2) is 78.9 Å². The molecule has 3 aromatic carbocycles. The first kappa shape index (κ1) is 32.7. The Morgan fingerprint density at radius 1 is 0.929 bits per heavy atom. The van der Waals surface area contributed by atoms with Crippen molar-refractivity contribution in [2.24, 2.45) is 0 Å². The Kier molecular flexibility index (Phi) is 11.2. The number of carbonyl (C=O) groups is 2. The number of ether oxygens (including phenoxy) is 1. The molecule has 0 radical (unpaired) electrons. The lowest BCUT2D eigenvalue weighted by Crippen LogP contribution is -2.54. The van der Waals surface area contributed by atoms with Crippen molar-refractivity contribution in [1.29, 1.82) is 0 Å². The molecule has 0 heterocycles. The van der Waals surface area contributed by atoms with E-state index in [-0.39, 0.29) is 37.7 Å². The molecule has 0 aliphatic carbocycles. The van der Waals surface area contributed by atoms with Crippen LogP contribution in [0.3, 0.4) is 0 Å². The zero-order valence-electron chi connectivity index (χ0n) is 25.5. The van der Waals surface area contributed by atoms with Gasteiger partial charge in [-0.3, -0.25) is 13.9 Å². The highest BCUT2D eigenvalue weighted by atomic mass is 32.2. The van der Waals surface area contributed by atoms with E-state index in [2.05, 4.69) is 5.32 Å². The van der Waals surface area contributed by atoms with Gasteiger partial charge in [-0.05, 0) is 62.9 Å². The van der Waals surface area contributed by atoms with Gasteiger partial charge >= 0.3 is 0 Å². The van der Waals surface area contributed by atoms with Gasteiger partial charge in [0.15, 0.2) is 0 Å². The summed E-state index contributed by atoms with van der Waals surface area (Å²) in [6.45, 7) is 8.06. The third-order valence-corrected chi connectivity index (χ3v) is 8.06. The monoisotopic (exact) mass is 593 g/mol. The molecule has 0 fully saturated rings. The lowest BCUT2D eigenvalue weighted by molar-refractivity contribution is -0.142. The molecule has 42 heavy (non-hydrogen) atoms. The summed E-state index contributed by atoms with van der Waals surface area (Å²) >= 11 is 0. The van der Waals surface area contributed by atoms with Gasteiger partial charge in [-0.1, -0.05) is 66.7 Å². The minimum absolute atomic E-state index is 0.0567.